The van der Waals surface area contributed by atoms with Crippen LogP contribution in [0.5, 0.6) is 0 Å². The molecule has 2 bridgehead atoms. The van der Waals surface area contributed by atoms with Crippen molar-refractivity contribution in [2.75, 3.05) is 6.61 Å². The van der Waals surface area contributed by atoms with Crippen molar-refractivity contribution in [3.05, 3.63) is 35.4 Å². The molecule has 1 saturated carbocycles. The molecule has 2 heterocycles. The normalized spacial score (nSPS) is 37.8. The molecule has 3 aliphatic rings. The van der Waals surface area contributed by atoms with E-state index in [-0.39, 0.29) is 42.2 Å². The number of hydrogen-bond donors (Lipinski definition) is 0. The van der Waals surface area contributed by atoms with Crippen LogP contribution in [0.1, 0.15) is 43.6 Å². The fourth-order valence-electron chi connectivity index (χ4n) is 4.56. The predicted octanol–water partition coefficient (Wildman–Crippen LogP) is 2.59. The van der Waals surface area contributed by atoms with Crippen molar-refractivity contribution in [3.8, 4) is 0 Å². The van der Waals surface area contributed by atoms with Gasteiger partial charge in [0.2, 0.25) is 0 Å². The third-order valence-electron chi connectivity index (χ3n) is 5.22. The lowest BCUT2D eigenvalue weighted by Crippen LogP contribution is -2.28. The molecule has 1 aromatic carbocycles. The molecular weight excluding hydrogens is 268 g/mol. The highest BCUT2D eigenvalue weighted by Gasteiger charge is 2.81. The quantitative estimate of drug-likeness (QED) is 0.798. The number of benzene rings is 1. The van der Waals surface area contributed by atoms with Gasteiger partial charge in [0, 0.05) is 18.3 Å². The summed E-state index contributed by atoms with van der Waals surface area (Å²) < 4.78 is 11.3. The third kappa shape index (κ3) is 1.49. The molecule has 21 heavy (non-hydrogen) atoms. The van der Waals surface area contributed by atoms with Crippen LogP contribution in [0.3, 0.4) is 0 Å². The molecule has 110 valence electrons. The highest BCUT2D eigenvalue weighted by Crippen LogP contribution is 2.80. The molecule has 0 aromatic heterocycles. The molecule has 0 N–H and O–H groups in total. The molecule has 4 unspecified atom stereocenters. The molecule has 0 spiro atoms. The smallest absolute Gasteiger partial charge is 0.313 e. The van der Waals surface area contributed by atoms with E-state index < -0.39 is 5.41 Å². The first-order chi connectivity index (χ1) is 10.1. The first-order valence-corrected chi connectivity index (χ1v) is 7.52. The highest BCUT2D eigenvalue weighted by molar-refractivity contribution is 5.90. The Morgan fingerprint density at radius 2 is 1.76 bits per heavy atom. The number of rotatable bonds is 4. The Bertz CT molecular complexity index is 600. The Labute approximate surface area is 123 Å². The lowest BCUT2D eigenvalue weighted by atomic mass is 9.92. The Balaban J connectivity index is 1.73. The standard InChI is InChI=1S/C17H18O4/c1-3-20-16(19)17(8-9(2)18)12-13(17)15-11-7-5-4-6-10(11)14(12)21-15/h4-7,12-15H,3,8H2,1-2H3. The lowest BCUT2D eigenvalue weighted by Gasteiger charge is -2.21. The third-order valence-corrected chi connectivity index (χ3v) is 5.22. The van der Waals surface area contributed by atoms with Gasteiger partial charge in [0.05, 0.1) is 24.2 Å². The average molecular weight is 286 g/mol. The summed E-state index contributed by atoms with van der Waals surface area (Å²) in [5, 5.41) is 0. The topological polar surface area (TPSA) is 52.6 Å². The molecule has 0 amide bonds. The number of Topliss-reactive ketones (excluding diaryl/α,β-unsaturated/α-hetero) is 1. The van der Waals surface area contributed by atoms with Crippen LogP contribution in [0.25, 0.3) is 0 Å². The van der Waals surface area contributed by atoms with E-state index in [9.17, 15) is 9.59 Å². The molecule has 2 aliphatic heterocycles. The highest BCUT2D eigenvalue weighted by atomic mass is 16.5. The first kappa shape index (κ1) is 13.0. The molecule has 4 heteroatoms. The summed E-state index contributed by atoms with van der Waals surface area (Å²) in [6, 6.07) is 8.13. The number of ether oxygens (including phenoxy) is 2. The van der Waals surface area contributed by atoms with Crippen molar-refractivity contribution in [1.82, 2.24) is 0 Å². The van der Waals surface area contributed by atoms with Gasteiger partial charge in [0.1, 0.15) is 5.78 Å². The minimum atomic E-state index is -0.658. The Morgan fingerprint density at radius 3 is 2.24 bits per heavy atom. The molecule has 0 radical (unpaired) electrons. The van der Waals surface area contributed by atoms with Crippen LogP contribution in [0.15, 0.2) is 24.3 Å². The van der Waals surface area contributed by atoms with Crippen molar-refractivity contribution in [1.29, 1.82) is 0 Å². The summed E-state index contributed by atoms with van der Waals surface area (Å²) in [6.07, 6.45) is 0.158. The van der Waals surface area contributed by atoms with Crippen molar-refractivity contribution < 1.29 is 19.1 Å². The van der Waals surface area contributed by atoms with E-state index in [2.05, 4.69) is 12.1 Å². The second-order valence-electron chi connectivity index (χ2n) is 6.30. The maximum Gasteiger partial charge on any atom is 0.313 e. The Kier molecular flexibility index (Phi) is 2.58. The minimum Gasteiger partial charge on any atom is -0.466 e. The SMILES string of the molecule is CCOC(=O)C1(CC(C)=O)C2C3OC(c4ccccc43)C21. The van der Waals surface area contributed by atoms with E-state index in [0.717, 1.165) is 0 Å². The molecule has 1 aromatic rings. The Morgan fingerprint density at radius 1 is 1.19 bits per heavy atom. The maximum atomic E-state index is 12.5. The second-order valence-corrected chi connectivity index (χ2v) is 6.30. The summed E-state index contributed by atoms with van der Waals surface area (Å²) in [5.41, 5.74) is 1.70. The van der Waals surface area contributed by atoms with Crippen molar-refractivity contribution in [2.24, 2.45) is 17.3 Å². The molecule has 1 saturated heterocycles. The van der Waals surface area contributed by atoms with Crippen molar-refractivity contribution in [2.45, 2.75) is 32.5 Å². The van der Waals surface area contributed by atoms with E-state index in [1.807, 2.05) is 12.1 Å². The van der Waals surface area contributed by atoms with E-state index in [1.165, 1.54) is 11.1 Å². The van der Waals surface area contributed by atoms with Gasteiger partial charge in [-0.15, -0.1) is 0 Å². The number of ketones is 1. The van der Waals surface area contributed by atoms with Gasteiger partial charge in [-0.2, -0.15) is 0 Å². The maximum absolute atomic E-state index is 12.5. The van der Waals surface area contributed by atoms with Crippen molar-refractivity contribution >= 4 is 11.8 Å². The molecule has 2 fully saturated rings. The predicted molar refractivity (Wildman–Crippen MR) is 74.4 cm³/mol. The fourth-order valence-corrected chi connectivity index (χ4v) is 4.56. The number of fused-ring (bicyclic) bond motifs is 8. The zero-order valence-electron chi connectivity index (χ0n) is 12.2. The molecule has 1 aliphatic carbocycles. The van der Waals surface area contributed by atoms with Crippen LogP contribution in [0.4, 0.5) is 0 Å². The zero-order valence-corrected chi connectivity index (χ0v) is 12.2. The minimum absolute atomic E-state index is 0.0425. The largest absolute Gasteiger partial charge is 0.466 e. The van der Waals surface area contributed by atoms with Gasteiger partial charge in [0.25, 0.3) is 0 Å². The van der Waals surface area contributed by atoms with Gasteiger partial charge in [-0.1, -0.05) is 24.3 Å². The van der Waals surface area contributed by atoms with Crippen LogP contribution in [0.2, 0.25) is 0 Å². The van der Waals surface area contributed by atoms with Crippen LogP contribution in [0, 0.1) is 17.3 Å². The van der Waals surface area contributed by atoms with Crippen LogP contribution in [-0.2, 0) is 19.1 Å². The van der Waals surface area contributed by atoms with E-state index in [0.29, 0.717) is 6.61 Å². The summed E-state index contributed by atoms with van der Waals surface area (Å²) in [4.78, 5) is 24.2. The number of carbonyl (C=O) groups excluding carboxylic acids is 2. The summed E-state index contributed by atoms with van der Waals surface area (Å²) in [5.74, 6) is 0.0166. The molecule has 4 atom stereocenters. The van der Waals surface area contributed by atoms with Crippen LogP contribution < -0.4 is 0 Å². The lowest BCUT2D eigenvalue weighted by molar-refractivity contribution is -0.156. The summed E-state index contributed by atoms with van der Waals surface area (Å²) in [7, 11) is 0. The average Bonchev–Trinajstić information content (AvgIpc) is 2.82. The van der Waals surface area contributed by atoms with Gasteiger partial charge >= 0.3 is 5.97 Å². The van der Waals surface area contributed by atoms with Crippen LogP contribution in [-0.4, -0.2) is 18.4 Å². The summed E-state index contributed by atoms with van der Waals surface area (Å²) >= 11 is 0. The molecule has 4 rings (SSSR count). The van der Waals surface area contributed by atoms with E-state index in [1.54, 1.807) is 13.8 Å². The second kappa shape index (κ2) is 4.17. The van der Waals surface area contributed by atoms with Crippen molar-refractivity contribution in [3.63, 3.8) is 0 Å². The first-order valence-electron chi connectivity index (χ1n) is 7.52. The van der Waals surface area contributed by atoms with Gasteiger partial charge in [-0.25, -0.2) is 0 Å². The number of carbonyl (C=O) groups is 2. The van der Waals surface area contributed by atoms with Gasteiger partial charge in [-0.3, -0.25) is 9.59 Å². The van der Waals surface area contributed by atoms with Gasteiger partial charge in [-0.05, 0) is 25.0 Å². The fraction of sp³-hybridized carbons (Fsp3) is 0.529. The van der Waals surface area contributed by atoms with E-state index in [4.69, 9.17) is 9.47 Å². The monoisotopic (exact) mass is 286 g/mol. The van der Waals surface area contributed by atoms with Crippen LogP contribution >= 0.6 is 0 Å². The summed E-state index contributed by atoms with van der Waals surface area (Å²) in [6.45, 7) is 3.70. The Hall–Kier alpha value is -1.68. The van der Waals surface area contributed by atoms with E-state index >= 15 is 0 Å². The van der Waals surface area contributed by atoms with Gasteiger partial charge in [0.15, 0.2) is 0 Å². The number of esters is 1. The molecular formula is C17H18O4. The zero-order chi connectivity index (χ0) is 14.8. The molecule has 4 nitrogen and oxygen atoms in total. The number of hydrogen-bond acceptors (Lipinski definition) is 4. The van der Waals surface area contributed by atoms with Gasteiger partial charge < -0.3 is 9.47 Å².